The van der Waals surface area contributed by atoms with Crippen molar-refractivity contribution in [1.82, 2.24) is 4.90 Å². The van der Waals surface area contributed by atoms with E-state index in [9.17, 15) is 14.0 Å². The van der Waals surface area contributed by atoms with Crippen LogP contribution in [0.3, 0.4) is 0 Å². The Kier molecular flexibility index (Phi) is 9.06. The molecule has 2 aliphatic rings. The van der Waals surface area contributed by atoms with Crippen LogP contribution in [0.4, 0.5) is 13.6 Å². The Morgan fingerprint density at radius 1 is 0.844 bits per heavy atom. The lowest BCUT2D eigenvalue weighted by atomic mass is 9.87. The van der Waals surface area contributed by atoms with Gasteiger partial charge in [-0.2, -0.15) is 0 Å². The lowest BCUT2D eigenvalue weighted by Gasteiger charge is -2.24. The lowest BCUT2D eigenvalue weighted by Crippen LogP contribution is -2.36. The van der Waals surface area contributed by atoms with Gasteiger partial charge in [0.25, 0.3) is 0 Å². The molecule has 3 aromatic carbocycles. The summed E-state index contributed by atoms with van der Waals surface area (Å²) in [6.07, 6.45) is 2.18. The Hall–Kier alpha value is -4.20. The molecular weight excluding hydrogens is 576 g/mol. The fourth-order valence-corrected chi connectivity index (χ4v) is 5.63. The molecule has 0 spiro atoms. The second-order valence-electron chi connectivity index (χ2n) is 13.8. The zero-order valence-corrected chi connectivity index (χ0v) is 26.8. The maximum Gasteiger partial charge on any atom is 0.410 e. The summed E-state index contributed by atoms with van der Waals surface area (Å²) in [4.78, 5) is 26.7. The zero-order valence-electron chi connectivity index (χ0n) is 26.8. The van der Waals surface area contributed by atoms with Gasteiger partial charge in [-0.3, -0.25) is 4.79 Å². The first-order chi connectivity index (χ1) is 21.2. The van der Waals surface area contributed by atoms with Gasteiger partial charge in [0, 0.05) is 24.6 Å². The van der Waals surface area contributed by atoms with Gasteiger partial charge in [-0.1, -0.05) is 18.2 Å². The number of esters is 1. The van der Waals surface area contributed by atoms with E-state index in [0.29, 0.717) is 49.4 Å². The Bertz CT molecular complexity index is 1620. The Balaban J connectivity index is 1.46. The van der Waals surface area contributed by atoms with Crippen LogP contribution in [-0.4, -0.2) is 41.8 Å². The first-order valence-corrected chi connectivity index (χ1v) is 15.5. The molecule has 0 radical (unpaired) electrons. The number of carbonyl (C=O) groups excluding carboxylic acids is 2. The van der Waals surface area contributed by atoms with Gasteiger partial charge in [-0.05, 0) is 125 Å². The minimum Gasteiger partial charge on any atom is -0.489 e. The van der Waals surface area contributed by atoms with Crippen molar-refractivity contribution < 1.29 is 32.6 Å². The number of rotatable bonds is 5. The standard InChI is InChI=1S/C37H41F2NO5/c1-36(2,3)34(41)44-27-15-17-29-24(20-27)8-7-9-31(30-16-12-25(38)21-32(30)39)33(29)23-10-13-26(14-11-23)43-28-18-19-40(22-28)35(42)45-37(4,5)6/h10-17,20-21,28H,7-9,18-19,22H2,1-6H3/t28-/m0/s1. The molecule has 1 amide bonds. The third kappa shape index (κ3) is 7.72. The van der Waals surface area contributed by atoms with Gasteiger partial charge in [0.05, 0.1) is 12.0 Å². The van der Waals surface area contributed by atoms with E-state index < -0.39 is 22.7 Å². The summed E-state index contributed by atoms with van der Waals surface area (Å²) in [6, 6.07) is 16.9. The number of fused-ring (bicyclic) bond motifs is 1. The highest BCUT2D eigenvalue weighted by Gasteiger charge is 2.31. The molecule has 45 heavy (non-hydrogen) atoms. The second-order valence-corrected chi connectivity index (χ2v) is 13.8. The number of ether oxygens (including phenoxy) is 3. The maximum atomic E-state index is 15.2. The van der Waals surface area contributed by atoms with E-state index in [2.05, 4.69) is 0 Å². The molecule has 1 aliphatic carbocycles. The highest BCUT2D eigenvalue weighted by molar-refractivity contribution is 6.00. The van der Waals surface area contributed by atoms with Crippen molar-refractivity contribution >= 4 is 23.2 Å². The summed E-state index contributed by atoms with van der Waals surface area (Å²) in [5.74, 6) is -0.449. The van der Waals surface area contributed by atoms with Gasteiger partial charge < -0.3 is 19.1 Å². The highest BCUT2D eigenvalue weighted by Crippen LogP contribution is 2.42. The number of benzene rings is 3. The van der Waals surface area contributed by atoms with Crippen molar-refractivity contribution in [3.63, 3.8) is 0 Å². The van der Waals surface area contributed by atoms with E-state index in [4.69, 9.17) is 14.2 Å². The summed E-state index contributed by atoms with van der Waals surface area (Å²) in [5.41, 5.74) is 3.50. The molecule has 1 fully saturated rings. The Morgan fingerprint density at radius 3 is 2.20 bits per heavy atom. The average Bonchev–Trinajstić information content (AvgIpc) is 3.33. The molecule has 1 atom stereocenters. The van der Waals surface area contributed by atoms with Crippen LogP contribution in [-0.2, 0) is 16.0 Å². The molecule has 0 aromatic heterocycles. The van der Waals surface area contributed by atoms with Gasteiger partial charge in [0.2, 0.25) is 0 Å². The van der Waals surface area contributed by atoms with Crippen LogP contribution in [0.1, 0.15) is 83.1 Å². The number of amides is 1. The molecule has 1 heterocycles. The quantitative estimate of drug-likeness (QED) is 0.212. The molecule has 6 nitrogen and oxygen atoms in total. The van der Waals surface area contributed by atoms with Crippen molar-refractivity contribution in [2.75, 3.05) is 13.1 Å². The van der Waals surface area contributed by atoms with E-state index in [1.165, 1.54) is 12.1 Å². The van der Waals surface area contributed by atoms with Crippen LogP contribution >= 0.6 is 0 Å². The molecule has 1 aliphatic heterocycles. The molecule has 0 N–H and O–H groups in total. The van der Waals surface area contributed by atoms with Crippen molar-refractivity contribution in [2.45, 2.75) is 78.9 Å². The van der Waals surface area contributed by atoms with E-state index in [1.54, 1.807) is 31.7 Å². The van der Waals surface area contributed by atoms with Crippen LogP contribution in [0.15, 0.2) is 60.7 Å². The van der Waals surface area contributed by atoms with Crippen LogP contribution in [0.2, 0.25) is 0 Å². The van der Waals surface area contributed by atoms with Gasteiger partial charge in [0.15, 0.2) is 0 Å². The molecule has 0 saturated carbocycles. The van der Waals surface area contributed by atoms with E-state index in [0.717, 1.165) is 40.3 Å². The summed E-state index contributed by atoms with van der Waals surface area (Å²) in [5, 5.41) is 0. The Labute approximate surface area is 264 Å². The molecule has 8 heteroatoms. The first kappa shape index (κ1) is 32.2. The van der Waals surface area contributed by atoms with Crippen LogP contribution in [0.25, 0.3) is 11.1 Å². The fourth-order valence-electron chi connectivity index (χ4n) is 5.63. The maximum absolute atomic E-state index is 15.2. The van der Waals surface area contributed by atoms with Crippen LogP contribution in [0, 0.1) is 17.0 Å². The van der Waals surface area contributed by atoms with Gasteiger partial charge >= 0.3 is 12.1 Å². The number of hydrogen-bond donors (Lipinski definition) is 0. The average molecular weight is 618 g/mol. The topological polar surface area (TPSA) is 65.1 Å². The first-order valence-electron chi connectivity index (χ1n) is 15.5. The molecule has 0 bridgehead atoms. The molecular formula is C37H41F2NO5. The van der Waals surface area contributed by atoms with Crippen LogP contribution in [0.5, 0.6) is 11.5 Å². The SMILES string of the molecule is CC(C)(C)OC(=O)N1CC[C@H](Oc2ccc(C3=C(c4ccc(F)cc4F)CCCc4cc(OC(=O)C(C)(C)C)ccc43)cc2)C1. The fraction of sp³-hybridized carbons (Fsp3) is 0.405. The summed E-state index contributed by atoms with van der Waals surface area (Å²) in [6.45, 7) is 11.9. The number of carbonyl (C=O) groups is 2. The minimum atomic E-state index is -0.651. The van der Waals surface area contributed by atoms with Crippen molar-refractivity contribution in [3.8, 4) is 11.5 Å². The number of likely N-dealkylation sites (tertiary alicyclic amines) is 1. The lowest BCUT2D eigenvalue weighted by molar-refractivity contribution is -0.143. The summed E-state index contributed by atoms with van der Waals surface area (Å²) >= 11 is 0. The minimum absolute atomic E-state index is 0.167. The van der Waals surface area contributed by atoms with Crippen LogP contribution < -0.4 is 9.47 Å². The molecule has 3 aromatic rings. The zero-order chi connectivity index (χ0) is 32.5. The van der Waals surface area contributed by atoms with E-state index >= 15 is 4.39 Å². The molecule has 5 rings (SSSR count). The van der Waals surface area contributed by atoms with Crippen molar-refractivity contribution in [3.05, 3.63) is 94.6 Å². The summed E-state index contributed by atoms with van der Waals surface area (Å²) in [7, 11) is 0. The number of nitrogens with zero attached hydrogens (tertiary/aromatic N) is 1. The summed E-state index contributed by atoms with van der Waals surface area (Å²) < 4.78 is 46.6. The predicted molar refractivity (Wildman–Crippen MR) is 170 cm³/mol. The normalized spacial score (nSPS) is 17.1. The third-order valence-electron chi connectivity index (χ3n) is 7.84. The van der Waals surface area contributed by atoms with Gasteiger partial charge in [-0.15, -0.1) is 0 Å². The number of aryl methyl sites for hydroxylation is 1. The number of allylic oxidation sites excluding steroid dienone is 1. The molecule has 1 saturated heterocycles. The van der Waals surface area contributed by atoms with Gasteiger partial charge in [0.1, 0.15) is 34.8 Å². The Morgan fingerprint density at radius 2 is 1.53 bits per heavy atom. The predicted octanol–water partition coefficient (Wildman–Crippen LogP) is 8.60. The van der Waals surface area contributed by atoms with Gasteiger partial charge in [-0.25, -0.2) is 13.6 Å². The molecule has 0 unspecified atom stereocenters. The number of hydrogen-bond acceptors (Lipinski definition) is 5. The molecule has 238 valence electrons. The second kappa shape index (κ2) is 12.7. The number of halogens is 2. The third-order valence-corrected chi connectivity index (χ3v) is 7.84. The highest BCUT2D eigenvalue weighted by atomic mass is 19.1. The smallest absolute Gasteiger partial charge is 0.410 e. The van der Waals surface area contributed by atoms with Crippen molar-refractivity contribution in [1.29, 1.82) is 0 Å². The van der Waals surface area contributed by atoms with Crippen molar-refractivity contribution in [2.24, 2.45) is 5.41 Å². The monoisotopic (exact) mass is 617 g/mol. The van der Waals surface area contributed by atoms with E-state index in [1.807, 2.05) is 57.2 Å². The van der Waals surface area contributed by atoms with E-state index in [-0.39, 0.29) is 18.2 Å². The largest absolute Gasteiger partial charge is 0.489 e.